The van der Waals surface area contributed by atoms with Crippen molar-refractivity contribution in [1.29, 1.82) is 0 Å². The topological polar surface area (TPSA) is 60.4 Å². The number of guanidine groups is 1. The number of piperazine rings is 1. The molecule has 2 fully saturated rings. The summed E-state index contributed by atoms with van der Waals surface area (Å²) in [5, 5.41) is 3.43. The Bertz CT molecular complexity index is 475. The number of amides is 1. The van der Waals surface area contributed by atoms with Crippen LogP contribution in [-0.2, 0) is 9.53 Å². The third kappa shape index (κ3) is 8.05. The lowest BCUT2D eigenvalue weighted by Gasteiger charge is -2.37. The summed E-state index contributed by atoms with van der Waals surface area (Å²) in [6, 6.07) is 0. The second-order valence-corrected chi connectivity index (χ2v) is 8.66. The van der Waals surface area contributed by atoms with Crippen molar-refractivity contribution < 1.29 is 9.53 Å². The minimum Gasteiger partial charge on any atom is -0.378 e. The number of nitrogens with one attached hydrogen (secondary N) is 1. The molecule has 156 valence electrons. The van der Waals surface area contributed by atoms with Gasteiger partial charge in [0.25, 0.3) is 0 Å². The van der Waals surface area contributed by atoms with Gasteiger partial charge >= 0.3 is 0 Å². The highest BCUT2D eigenvalue weighted by Gasteiger charge is 2.24. The zero-order chi connectivity index (χ0) is 19.7. The van der Waals surface area contributed by atoms with Crippen LogP contribution in [0.25, 0.3) is 0 Å². The number of rotatable bonds is 6. The van der Waals surface area contributed by atoms with Gasteiger partial charge in [0, 0.05) is 52.4 Å². The van der Waals surface area contributed by atoms with Gasteiger partial charge in [0.05, 0.1) is 19.8 Å². The minimum absolute atomic E-state index is 0.231. The summed E-state index contributed by atoms with van der Waals surface area (Å²) >= 11 is 0. The minimum atomic E-state index is 0.231. The summed E-state index contributed by atoms with van der Waals surface area (Å²) in [5.74, 6) is 1.25. The molecule has 2 aliphatic heterocycles. The Morgan fingerprint density at radius 3 is 2.30 bits per heavy atom. The first-order valence-corrected chi connectivity index (χ1v) is 10.5. The van der Waals surface area contributed by atoms with E-state index in [0.29, 0.717) is 25.2 Å². The summed E-state index contributed by atoms with van der Waals surface area (Å²) < 4.78 is 5.33. The molecule has 2 saturated heterocycles. The van der Waals surface area contributed by atoms with Crippen LogP contribution >= 0.6 is 0 Å². The molecule has 2 aliphatic rings. The number of aliphatic imine (C=N–C) groups is 1. The van der Waals surface area contributed by atoms with Gasteiger partial charge in [0.15, 0.2) is 5.96 Å². The van der Waals surface area contributed by atoms with Crippen molar-refractivity contribution >= 4 is 11.9 Å². The largest absolute Gasteiger partial charge is 0.378 e. The predicted octanol–water partition coefficient (Wildman–Crippen LogP) is 1.25. The van der Waals surface area contributed by atoms with E-state index in [-0.39, 0.29) is 5.91 Å². The van der Waals surface area contributed by atoms with Crippen molar-refractivity contribution in [3.05, 3.63) is 0 Å². The molecular formula is C20H39N5O2. The highest BCUT2D eigenvalue weighted by atomic mass is 16.5. The number of morpholine rings is 1. The first-order valence-electron chi connectivity index (χ1n) is 10.5. The average molecular weight is 382 g/mol. The molecule has 0 atom stereocenters. The maximum Gasteiger partial charge on any atom is 0.236 e. The fraction of sp³-hybridized carbons (Fsp3) is 0.900. The number of carbonyl (C=O) groups is 1. The Labute approximate surface area is 165 Å². The second kappa shape index (κ2) is 10.9. The molecule has 0 bridgehead atoms. The number of carbonyl (C=O) groups excluding carboxylic acids is 1. The molecule has 0 aromatic rings. The van der Waals surface area contributed by atoms with Gasteiger partial charge in [-0.1, -0.05) is 20.8 Å². The lowest BCUT2D eigenvalue weighted by molar-refractivity contribution is -0.136. The average Bonchev–Trinajstić information content (AvgIpc) is 2.65. The maximum atomic E-state index is 12.4. The van der Waals surface area contributed by atoms with Crippen molar-refractivity contribution in [3.8, 4) is 0 Å². The van der Waals surface area contributed by atoms with E-state index in [2.05, 4.69) is 42.8 Å². The maximum absolute atomic E-state index is 12.4. The summed E-state index contributed by atoms with van der Waals surface area (Å²) in [4.78, 5) is 23.8. The van der Waals surface area contributed by atoms with Gasteiger partial charge in [-0.15, -0.1) is 0 Å². The first kappa shape index (κ1) is 22.0. The van der Waals surface area contributed by atoms with Crippen molar-refractivity contribution in [2.45, 2.75) is 40.5 Å². The summed E-state index contributed by atoms with van der Waals surface area (Å²) in [5.41, 5.74) is 0.368. The number of hydrogen-bond acceptors (Lipinski definition) is 4. The number of hydrogen-bond donors (Lipinski definition) is 1. The van der Waals surface area contributed by atoms with E-state index in [1.807, 2.05) is 4.90 Å². The fourth-order valence-corrected chi connectivity index (χ4v) is 3.44. The van der Waals surface area contributed by atoms with Crippen LogP contribution in [0.3, 0.4) is 0 Å². The molecule has 1 N–H and O–H groups in total. The SMILES string of the molecule is CCNC(=NCCCC(C)(C)C)N1CCN(CC(=O)N2CCOCC2)CC1. The standard InChI is InChI=1S/C20H39N5O2/c1-5-21-19(22-8-6-7-20(2,3)4)25-11-9-23(10-12-25)17-18(26)24-13-15-27-16-14-24/h5-17H2,1-4H3,(H,21,22). The molecule has 0 spiro atoms. The molecule has 2 rings (SSSR count). The van der Waals surface area contributed by atoms with E-state index < -0.39 is 0 Å². The molecule has 1 amide bonds. The third-order valence-electron chi connectivity index (χ3n) is 5.08. The van der Waals surface area contributed by atoms with Crippen LogP contribution in [0.1, 0.15) is 40.5 Å². The summed E-state index contributed by atoms with van der Waals surface area (Å²) in [6.45, 7) is 17.6. The predicted molar refractivity (Wildman–Crippen MR) is 110 cm³/mol. The van der Waals surface area contributed by atoms with E-state index in [0.717, 1.165) is 64.7 Å². The van der Waals surface area contributed by atoms with Gasteiger partial charge in [-0.05, 0) is 25.2 Å². The molecule has 0 unspecified atom stereocenters. The molecule has 0 aliphatic carbocycles. The van der Waals surface area contributed by atoms with Crippen LogP contribution in [0.4, 0.5) is 0 Å². The smallest absolute Gasteiger partial charge is 0.236 e. The Kier molecular flexibility index (Phi) is 8.83. The molecule has 7 heteroatoms. The van der Waals surface area contributed by atoms with E-state index in [1.54, 1.807) is 0 Å². The lowest BCUT2D eigenvalue weighted by Crippen LogP contribution is -2.54. The molecular weight excluding hydrogens is 342 g/mol. The van der Waals surface area contributed by atoms with Crippen LogP contribution in [0, 0.1) is 5.41 Å². The number of ether oxygens (including phenoxy) is 1. The molecule has 0 aromatic carbocycles. The van der Waals surface area contributed by atoms with Gasteiger partial charge in [-0.2, -0.15) is 0 Å². The monoisotopic (exact) mass is 381 g/mol. The van der Waals surface area contributed by atoms with Crippen molar-refractivity contribution in [2.75, 3.05) is 72.1 Å². The molecule has 0 saturated carbocycles. The highest BCUT2D eigenvalue weighted by Crippen LogP contribution is 2.20. The quantitative estimate of drug-likeness (QED) is 0.426. The second-order valence-electron chi connectivity index (χ2n) is 8.66. The van der Waals surface area contributed by atoms with E-state index in [1.165, 1.54) is 6.42 Å². The van der Waals surface area contributed by atoms with Gasteiger partial charge in [-0.3, -0.25) is 14.7 Å². The summed E-state index contributed by atoms with van der Waals surface area (Å²) in [6.07, 6.45) is 2.31. The zero-order valence-corrected chi connectivity index (χ0v) is 17.8. The number of nitrogens with zero attached hydrogens (tertiary/aromatic N) is 4. The molecule has 7 nitrogen and oxygen atoms in total. The van der Waals surface area contributed by atoms with E-state index in [9.17, 15) is 4.79 Å². The van der Waals surface area contributed by atoms with Crippen LogP contribution in [0.15, 0.2) is 4.99 Å². The van der Waals surface area contributed by atoms with Crippen molar-refractivity contribution in [1.82, 2.24) is 20.0 Å². The Morgan fingerprint density at radius 2 is 1.70 bits per heavy atom. The molecule has 0 aromatic heterocycles. The normalized spacial score (nSPS) is 20.1. The lowest BCUT2D eigenvalue weighted by atomic mass is 9.91. The van der Waals surface area contributed by atoms with Crippen LogP contribution in [-0.4, -0.2) is 98.7 Å². The zero-order valence-electron chi connectivity index (χ0n) is 17.8. The van der Waals surface area contributed by atoms with Gasteiger partial charge in [0.2, 0.25) is 5.91 Å². The Morgan fingerprint density at radius 1 is 1.04 bits per heavy atom. The van der Waals surface area contributed by atoms with E-state index in [4.69, 9.17) is 9.73 Å². The Balaban J connectivity index is 1.76. The first-order chi connectivity index (χ1) is 12.9. The molecule has 0 radical (unpaired) electrons. The van der Waals surface area contributed by atoms with Crippen LogP contribution < -0.4 is 5.32 Å². The highest BCUT2D eigenvalue weighted by molar-refractivity contribution is 5.80. The van der Waals surface area contributed by atoms with Crippen molar-refractivity contribution in [2.24, 2.45) is 10.4 Å². The van der Waals surface area contributed by atoms with Gasteiger partial charge in [0.1, 0.15) is 0 Å². The molecule has 27 heavy (non-hydrogen) atoms. The van der Waals surface area contributed by atoms with Gasteiger partial charge in [-0.25, -0.2) is 0 Å². The van der Waals surface area contributed by atoms with E-state index >= 15 is 0 Å². The molecule has 2 heterocycles. The fourth-order valence-electron chi connectivity index (χ4n) is 3.44. The van der Waals surface area contributed by atoms with Crippen molar-refractivity contribution in [3.63, 3.8) is 0 Å². The summed E-state index contributed by atoms with van der Waals surface area (Å²) in [7, 11) is 0. The Hall–Kier alpha value is -1.34. The van der Waals surface area contributed by atoms with Gasteiger partial charge < -0.3 is 19.9 Å². The third-order valence-corrected chi connectivity index (χ3v) is 5.08. The van der Waals surface area contributed by atoms with Crippen LogP contribution in [0.5, 0.6) is 0 Å². The van der Waals surface area contributed by atoms with Crippen LogP contribution in [0.2, 0.25) is 0 Å².